The number of carbonyl (C=O) groups excluding carboxylic acids is 1. The average Bonchev–Trinajstić information content (AvgIpc) is 2.75. The van der Waals surface area contributed by atoms with Crippen molar-refractivity contribution in [2.45, 2.75) is 20.1 Å². The largest absolute Gasteiger partial charge is 0.364 e. The highest BCUT2D eigenvalue weighted by Crippen LogP contribution is 2.11. The maximum absolute atomic E-state index is 10.9. The van der Waals surface area contributed by atoms with Gasteiger partial charge >= 0.3 is 0 Å². The van der Waals surface area contributed by atoms with Crippen LogP contribution in [0.5, 0.6) is 0 Å². The minimum atomic E-state index is -0.513. The van der Waals surface area contributed by atoms with E-state index in [1.54, 1.807) is 17.5 Å². The summed E-state index contributed by atoms with van der Waals surface area (Å²) in [5, 5.41) is 2.06. The van der Waals surface area contributed by atoms with E-state index in [0.717, 1.165) is 0 Å². The van der Waals surface area contributed by atoms with Gasteiger partial charge in [-0.1, -0.05) is 0 Å². The Hall–Kier alpha value is -1.24. The van der Waals surface area contributed by atoms with Gasteiger partial charge in [-0.15, -0.1) is 11.3 Å². The Labute approximate surface area is 104 Å². The van der Waals surface area contributed by atoms with Crippen LogP contribution in [0.15, 0.2) is 11.5 Å². The number of hydrogen-bond donors (Lipinski definition) is 1. The first kappa shape index (κ1) is 13.8. The van der Waals surface area contributed by atoms with Crippen molar-refractivity contribution in [3.8, 4) is 0 Å². The fourth-order valence-electron chi connectivity index (χ4n) is 1.14. The van der Waals surface area contributed by atoms with Crippen molar-refractivity contribution < 1.29 is 14.3 Å². The highest BCUT2D eigenvalue weighted by molar-refractivity contribution is 7.11. The molecule has 0 saturated carbocycles. The van der Waals surface area contributed by atoms with Crippen LogP contribution < -0.4 is 5.73 Å². The molecule has 1 aromatic heterocycles. The molecule has 0 atom stereocenters. The number of rotatable bonds is 7. The van der Waals surface area contributed by atoms with Gasteiger partial charge in [-0.3, -0.25) is 4.79 Å². The molecule has 0 aliphatic carbocycles. The SMILES string of the molecule is CCOC(/C=C/c1csc(C(N)=O)n1)OCC. The summed E-state index contributed by atoms with van der Waals surface area (Å²) in [4.78, 5) is 14.9. The van der Waals surface area contributed by atoms with Crippen molar-refractivity contribution in [2.24, 2.45) is 5.73 Å². The first-order valence-electron chi connectivity index (χ1n) is 5.34. The van der Waals surface area contributed by atoms with Crippen LogP contribution in [0.4, 0.5) is 0 Å². The summed E-state index contributed by atoms with van der Waals surface area (Å²) in [6.07, 6.45) is 3.12. The van der Waals surface area contributed by atoms with E-state index in [1.165, 1.54) is 11.3 Å². The third-order valence-corrected chi connectivity index (χ3v) is 2.69. The lowest BCUT2D eigenvalue weighted by atomic mass is 10.4. The number of amides is 1. The third-order valence-electron chi connectivity index (χ3n) is 1.82. The van der Waals surface area contributed by atoms with Crippen LogP contribution in [0.2, 0.25) is 0 Å². The van der Waals surface area contributed by atoms with Gasteiger partial charge in [-0.25, -0.2) is 4.98 Å². The lowest BCUT2D eigenvalue weighted by Gasteiger charge is -2.11. The van der Waals surface area contributed by atoms with Crippen molar-refractivity contribution in [1.29, 1.82) is 0 Å². The molecule has 0 aliphatic rings. The first-order chi connectivity index (χ1) is 8.17. The summed E-state index contributed by atoms with van der Waals surface area (Å²) in [6, 6.07) is 0. The summed E-state index contributed by atoms with van der Waals surface area (Å²) < 4.78 is 10.7. The smallest absolute Gasteiger partial charge is 0.277 e. The van der Waals surface area contributed by atoms with Gasteiger partial charge in [-0.2, -0.15) is 0 Å². The zero-order valence-corrected chi connectivity index (χ0v) is 10.7. The summed E-state index contributed by atoms with van der Waals surface area (Å²) in [5.74, 6) is -0.513. The molecule has 0 bridgehead atoms. The second-order valence-corrected chi connectivity index (χ2v) is 3.94. The van der Waals surface area contributed by atoms with Crippen LogP contribution in [-0.2, 0) is 9.47 Å². The number of primary amides is 1. The van der Waals surface area contributed by atoms with Gasteiger partial charge in [0.05, 0.1) is 5.69 Å². The van der Waals surface area contributed by atoms with Crippen LogP contribution >= 0.6 is 11.3 Å². The molecule has 0 spiro atoms. The van der Waals surface area contributed by atoms with Gasteiger partial charge in [0.1, 0.15) is 0 Å². The van der Waals surface area contributed by atoms with Crippen molar-refractivity contribution in [3.05, 3.63) is 22.2 Å². The Morgan fingerprint density at radius 3 is 2.65 bits per heavy atom. The van der Waals surface area contributed by atoms with Gasteiger partial charge in [0.2, 0.25) is 0 Å². The third kappa shape index (κ3) is 4.64. The molecule has 0 fully saturated rings. The molecule has 17 heavy (non-hydrogen) atoms. The molecule has 0 unspecified atom stereocenters. The molecule has 1 heterocycles. The quantitative estimate of drug-likeness (QED) is 0.753. The molecule has 1 aromatic rings. The van der Waals surface area contributed by atoms with Crippen molar-refractivity contribution >= 4 is 23.3 Å². The molecule has 1 amide bonds. The van der Waals surface area contributed by atoms with Crippen molar-refractivity contribution in [1.82, 2.24) is 4.98 Å². The topological polar surface area (TPSA) is 74.4 Å². The second kappa shape index (κ2) is 7.16. The molecule has 0 aliphatic heterocycles. The lowest BCUT2D eigenvalue weighted by molar-refractivity contribution is -0.103. The molecule has 6 heteroatoms. The maximum Gasteiger partial charge on any atom is 0.277 e. The van der Waals surface area contributed by atoms with Crippen LogP contribution in [-0.4, -0.2) is 30.4 Å². The highest BCUT2D eigenvalue weighted by atomic mass is 32.1. The highest BCUT2D eigenvalue weighted by Gasteiger charge is 2.06. The average molecular weight is 256 g/mol. The predicted octanol–water partition coefficient (Wildman–Crippen LogP) is 1.65. The number of nitrogens with zero attached hydrogens (tertiary/aromatic N) is 1. The molecular formula is C11H16N2O3S. The fourth-order valence-corrected chi connectivity index (χ4v) is 1.78. The Kier molecular flexibility index (Phi) is 5.82. The molecule has 2 N–H and O–H groups in total. The normalized spacial score (nSPS) is 11.5. The van der Waals surface area contributed by atoms with Gasteiger partial charge in [-0.05, 0) is 26.0 Å². The van der Waals surface area contributed by atoms with E-state index in [1.807, 2.05) is 13.8 Å². The number of carbonyl (C=O) groups is 1. The molecule has 94 valence electrons. The Bertz CT molecular complexity index is 384. The molecule has 1 rings (SSSR count). The van der Waals surface area contributed by atoms with Crippen LogP contribution in [0, 0.1) is 0 Å². The van der Waals surface area contributed by atoms with Crippen LogP contribution in [0.25, 0.3) is 6.08 Å². The molecule has 0 radical (unpaired) electrons. The van der Waals surface area contributed by atoms with Gasteiger partial charge in [0.15, 0.2) is 11.3 Å². The van der Waals surface area contributed by atoms with Crippen LogP contribution in [0.1, 0.15) is 29.3 Å². The van der Waals surface area contributed by atoms with E-state index in [2.05, 4.69) is 4.98 Å². The van der Waals surface area contributed by atoms with E-state index in [4.69, 9.17) is 15.2 Å². The summed E-state index contributed by atoms with van der Waals surface area (Å²) >= 11 is 1.22. The van der Waals surface area contributed by atoms with E-state index < -0.39 is 5.91 Å². The molecular weight excluding hydrogens is 240 g/mol. The van der Waals surface area contributed by atoms with Crippen molar-refractivity contribution in [2.75, 3.05) is 13.2 Å². The monoisotopic (exact) mass is 256 g/mol. The van der Waals surface area contributed by atoms with E-state index in [9.17, 15) is 4.79 Å². The van der Waals surface area contributed by atoms with Crippen molar-refractivity contribution in [3.63, 3.8) is 0 Å². The predicted molar refractivity (Wildman–Crippen MR) is 66.7 cm³/mol. The first-order valence-corrected chi connectivity index (χ1v) is 6.22. The molecule has 0 aromatic carbocycles. The fraction of sp³-hybridized carbons (Fsp3) is 0.455. The van der Waals surface area contributed by atoms with Gasteiger partial charge in [0.25, 0.3) is 5.91 Å². The summed E-state index contributed by atoms with van der Waals surface area (Å²) in [5.41, 5.74) is 5.79. The number of ether oxygens (including phenoxy) is 2. The van der Waals surface area contributed by atoms with Gasteiger partial charge < -0.3 is 15.2 Å². The second-order valence-electron chi connectivity index (χ2n) is 3.08. The molecule has 5 nitrogen and oxygen atoms in total. The molecule has 0 saturated heterocycles. The van der Waals surface area contributed by atoms with Gasteiger partial charge in [0, 0.05) is 18.6 Å². The van der Waals surface area contributed by atoms with E-state index in [0.29, 0.717) is 23.9 Å². The zero-order valence-electron chi connectivity index (χ0n) is 9.88. The number of hydrogen-bond acceptors (Lipinski definition) is 5. The minimum Gasteiger partial charge on any atom is -0.364 e. The van der Waals surface area contributed by atoms with E-state index >= 15 is 0 Å². The standard InChI is InChI=1S/C11H16N2O3S/c1-3-15-9(16-4-2)6-5-8-7-17-11(13-8)10(12)14/h5-7,9H,3-4H2,1-2H3,(H2,12,14)/b6-5+. The Morgan fingerprint density at radius 1 is 1.53 bits per heavy atom. The van der Waals surface area contributed by atoms with Crippen LogP contribution in [0.3, 0.4) is 0 Å². The number of thiazole rings is 1. The zero-order chi connectivity index (χ0) is 12.7. The Balaban J connectivity index is 2.63. The number of aromatic nitrogens is 1. The summed E-state index contributed by atoms with van der Waals surface area (Å²) in [7, 11) is 0. The summed E-state index contributed by atoms with van der Waals surface area (Å²) in [6.45, 7) is 4.93. The number of nitrogens with two attached hydrogens (primary N) is 1. The van der Waals surface area contributed by atoms with E-state index in [-0.39, 0.29) is 6.29 Å². The minimum absolute atomic E-state index is 0.300. The lowest BCUT2D eigenvalue weighted by Crippen LogP contribution is -2.14. The maximum atomic E-state index is 10.9. The Morgan fingerprint density at radius 2 is 2.18 bits per heavy atom.